The van der Waals surface area contributed by atoms with E-state index in [9.17, 15) is 9.59 Å². The number of carbonyl (C=O) groups excluding carboxylic acids is 2. The molecule has 1 aromatic carbocycles. The number of Topliss-reactive ketones (excluding diaryl/α,β-unsaturated/α-hetero) is 1. The molecule has 1 aliphatic heterocycles. The summed E-state index contributed by atoms with van der Waals surface area (Å²) in [6.07, 6.45) is 0.0456. The largest absolute Gasteiger partial charge is 0.304 e. The minimum Gasteiger partial charge on any atom is -0.304 e. The van der Waals surface area contributed by atoms with Crippen LogP contribution in [0.5, 0.6) is 0 Å². The van der Waals surface area contributed by atoms with Gasteiger partial charge in [-0.25, -0.2) is 0 Å². The van der Waals surface area contributed by atoms with Gasteiger partial charge in [0.1, 0.15) is 0 Å². The van der Waals surface area contributed by atoms with Crippen molar-refractivity contribution in [3.05, 3.63) is 29.3 Å². The second-order valence-electron chi connectivity index (χ2n) is 5.79. The van der Waals surface area contributed by atoms with Gasteiger partial charge in [0.15, 0.2) is 5.78 Å². The molecule has 0 atom stereocenters. The van der Waals surface area contributed by atoms with Gasteiger partial charge in [0.05, 0.1) is 18.7 Å². The minimum absolute atomic E-state index is 0.0123. The van der Waals surface area contributed by atoms with Gasteiger partial charge >= 0.3 is 0 Å². The molecule has 1 amide bonds. The van der Waals surface area contributed by atoms with Crippen molar-refractivity contribution in [2.75, 3.05) is 11.4 Å². The first-order valence-electron chi connectivity index (χ1n) is 6.86. The molecule has 102 valence electrons. The number of anilines is 1. The summed E-state index contributed by atoms with van der Waals surface area (Å²) < 4.78 is 0. The van der Waals surface area contributed by atoms with E-state index >= 15 is 0 Å². The van der Waals surface area contributed by atoms with Gasteiger partial charge in [0, 0.05) is 0 Å². The number of benzene rings is 1. The fourth-order valence-electron chi connectivity index (χ4n) is 2.61. The van der Waals surface area contributed by atoms with Crippen molar-refractivity contribution in [2.45, 2.75) is 46.0 Å². The van der Waals surface area contributed by atoms with Crippen molar-refractivity contribution in [2.24, 2.45) is 0 Å². The van der Waals surface area contributed by atoms with Crippen LogP contribution in [0.15, 0.2) is 18.2 Å². The Bertz CT molecular complexity index is 491. The topological polar surface area (TPSA) is 37.4 Å². The van der Waals surface area contributed by atoms with Crippen LogP contribution in [-0.4, -0.2) is 18.2 Å². The van der Waals surface area contributed by atoms with Crippen molar-refractivity contribution in [3.63, 3.8) is 0 Å². The molecule has 0 spiro atoms. The van der Waals surface area contributed by atoms with Gasteiger partial charge in [-0.2, -0.15) is 0 Å². The molecule has 0 aromatic heterocycles. The molecule has 1 aromatic rings. The average Bonchev–Trinajstić information content (AvgIpc) is 2.67. The molecule has 1 heterocycles. The summed E-state index contributed by atoms with van der Waals surface area (Å²) in [4.78, 5) is 25.3. The van der Waals surface area contributed by atoms with Crippen molar-refractivity contribution in [1.29, 1.82) is 0 Å². The second-order valence-corrected chi connectivity index (χ2v) is 5.79. The molecular formula is C16H21NO2. The summed E-state index contributed by atoms with van der Waals surface area (Å²) in [6, 6.07) is 6.15. The number of ketones is 1. The summed E-state index contributed by atoms with van der Waals surface area (Å²) in [7, 11) is 0. The first kappa shape index (κ1) is 13.8. The van der Waals surface area contributed by atoms with Gasteiger partial charge in [-0.1, -0.05) is 45.9 Å². The highest BCUT2D eigenvalue weighted by Gasteiger charge is 2.32. The Morgan fingerprint density at radius 3 is 1.89 bits per heavy atom. The third kappa shape index (κ3) is 2.55. The molecule has 0 saturated carbocycles. The van der Waals surface area contributed by atoms with Crippen LogP contribution in [-0.2, 0) is 9.59 Å². The molecule has 1 saturated heterocycles. The molecule has 1 aliphatic rings. The lowest BCUT2D eigenvalue weighted by molar-refractivity contribution is -0.121. The van der Waals surface area contributed by atoms with Crippen LogP contribution in [0.25, 0.3) is 0 Å². The van der Waals surface area contributed by atoms with E-state index in [0.717, 1.165) is 16.8 Å². The lowest BCUT2D eigenvalue weighted by Gasteiger charge is -2.26. The van der Waals surface area contributed by atoms with E-state index in [4.69, 9.17) is 0 Å². The van der Waals surface area contributed by atoms with Gasteiger partial charge in [-0.05, 0) is 23.0 Å². The number of hydrogen-bond acceptors (Lipinski definition) is 2. The molecule has 0 bridgehead atoms. The quantitative estimate of drug-likeness (QED) is 0.781. The van der Waals surface area contributed by atoms with E-state index < -0.39 is 0 Å². The van der Waals surface area contributed by atoms with Crippen LogP contribution in [0.3, 0.4) is 0 Å². The average molecular weight is 259 g/mol. The van der Waals surface area contributed by atoms with Gasteiger partial charge < -0.3 is 4.90 Å². The number of para-hydroxylation sites is 1. The molecule has 2 rings (SSSR count). The Balaban J connectivity index is 2.58. The molecule has 0 aliphatic carbocycles. The highest BCUT2D eigenvalue weighted by Crippen LogP contribution is 2.36. The van der Waals surface area contributed by atoms with Crippen LogP contribution in [0.1, 0.15) is 57.1 Å². The normalized spacial score (nSPS) is 16.0. The highest BCUT2D eigenvalue weighted by atomic mass is 16.2. The van der Waals surface area contributed by atoms with E-state index in [1.165, 1.54) is 0 Å². The summed E-state index contributed by atoms with van der Waals surface area (Å²) in [5.41, 5.74) is 3.26. The zero-order chi connectivity index (χ0) is 14.2. The zero-order valence-corrected chi connectivity index (χ0v) is 12.1. The standard InChI is InChI=1S/C16H21NO2/c1-10(2)13-6-5-7-14(11(3)4)16(13)17-9-12(18)8-15(17)19/h5-7,10-11H,8-9H2,1-4H3. The van der Waals surface area contributed by atoms with Gasteiger partial charge in [0.2, 0.25) is 5.91 Å². The van der Waals surface area contributed by atoms with E-state index in [1.54, 1.807) is 4.90 Å². The van der Waals surface area contributed by atoms with Gasteiger partial charge in [-0.3, -0.25) is 9.59 Å². The maximum atomic E-state index is 12.0. The molecule has 3 heteroatoms. The maximum Gasteiger partial charge on any atom is 0.234 e. The number of amides is 1. The molecule has 1 fully saturated rings. The first-order chi connectivity index (χ1) is 8.91. The highest BCUT2D eigenvalue weighted by molar-refractivity contribution is 6.15. The van der Waals surface area contributed by atoms with E-state index in [0.29, 0.717) is 11.8 Å². The predicted molar refractivity (Wildman–Crippen MR) is 76.6 cm³/mol. The van der Waals surface area contributed by atoms with Crippen molar-refractivity contribution in [1.82, 2.24) is 0 Å². The third-order valence-corrected chi connectivity index (χ3v) is 3.60. The van der Waals surface area contributed by atoms with E-state index in [-0.39, 0.29) is 24.7 Å². The monoisotopic (exact) mass is 259 g/mol. The van der Waals surface area contributed by atoms with Crippen LogP contribution in [0.4, 0.5) is 5.69 Å². The predicted octanol–water partition coefficient (Wildman–Crippen LogP) is 3.24. The summed E-state index contributed by atoms with van der Waals surface area (Å²) in [5, 5.41) is 0. The Kier molecular flexibility index (Phi) is 3.74. The number of hydrogen-bond donors (Lipinski definition) is 0. The fourth-order valence-corrected chi connectivity index (χ4v) is 2.61. The first-order valence-corrected chi connectivity index (χ1v) is 6.86. The summed E-state index contributed by atoms with van der Waals surface area (Å²) in [5.74, 6) is 0.604. The van der Waals surface area contributed by atoms with E-state index in [2.05, 4.69) is 39.8 Å². The SMILES string of the molecule is CC(C)c1cccc(C(C)C)c1N1CC(=O)CC1=O. The molecule has 0 radical (unpaired) electrons. The Labute approximate surface area is 114 Å². The molecule has 3 nitrogen and oxygen atoms in total. The molecule has 0 unspecified atom stereocenters. The van der Waals surface area contributed by atoms with Gasteiger partial charge in [0.25, 0.3) is 0 Å². The van der Waals surface area contributed by atoms with Crippen LogP contribution < -0.4 is 4.90 Å². The smallest absolute Gasteiger partial charge is 0.234 e. The van der Waals surface area contributed by atoms with Crippen molar-refractivity contribution in [3.8, 4) is 0 Å². The van der Waals surface area contributed by atoms with Crippen LogP contribution in [0.2, 0.25) is 0 Å². The minimum atomic E-state index is -0.0694. The number of nitrogens with zero attached hydrogens (tertiary/aromatic N) is 1. The molecule has 19 heavy (non-hydrogen) atoms. The molecular weight excluding hydrogens is 238 g/mol. The summed E-state index contributed by atoms with van der Waals surface area (Å²) in [6.45, 7) is 8.69. The number of carbonyl (C=O) groups is 2. The Morgan fingerprint density at radius 2 is 1.53 bits per heavy atom. The van der Waals surface area contributed by atoms with Crippen molar-refractivity contribution < 1.29 is 9.59 Å². The van der Waals surface area contributed by atoms with Crippen LogP contribution in [0, 0.1) is 0 Å². The summed E-state index contributed by atoms with van der Waals surface area (Å²) >= 11 is 0. The van der Waals surface area contributed by atoms with Crippen molar-refractivity contribution >= 4 is 17.4 Å². The lowest BCUT2D eigenvalue weighted by atomic mass is 9.92. The third-order valence-electron chi connectivity index (χ3n) is 3.60. The Morgan fingerprint density at radius 1 is 1.00 bits per heavy atom. The molecule has 0 N–H and O–H groups in total. The number of rotatable bonds is 3. The fraction of sp³-hybridized carbons (Fsp3) is 0.500. The lowest BCUT2D eigenvalue weighted by Crippen LogP contribution is -2.27. The zero-order valence-electron chi connectivity index (χ0n) is 12.1. The maximum absolute atomic E-state index is 12.0. The van der Waals surface area contributed by atoms with Gasteiger partial charge in [-0.15, -0.1) is 0 Å². The van der Waals surface area contributed by atoms with Crippen LogP contribution >= 0.6 is 0 Å². The van der Waals surface area contributed by atoms with E-state index in [1.807, 2.05) is 6.07 Å². The Hall–Kier alpha value is -1.64. The second kappa shape index (κ2) is 5.16.